The molecule has 150 valence electrons. The predicted molar refractivity (Wildman–Crippen MR) is 109 cm³/mol. The Bertz CT molecular complexity index is 805. The van der Waals surface area contributed by atoms with Gasteiger partial charge in [0, 0.05) is 13.1 Å². The highest BCUT2D eigenvalue weighted by Gasteiger charge is 2.06. The van der Waals surface area contributed by atoms with E-state index in [-0.39, 0.29) is 25.0 Å². The quantitative estimate of drug-likeness (QED) is 0.617. The van der Waals surface area contributed by atoms with Gasteiger partial charge in [-0.15, -0.1) is 0 Å². The maximum absolute atomic E-state index is 11.9. The van der Waals surface area contributed by atoms with E-state index < -0.39 is 0 Å². The summed E-state index contributed by atoms with van der Waals surface area (Å²) in [5, 5.41) is 5.42. The van der Waals surface area contributed by atoms with E-state index in [1.54, 1.807) is 0 Å². The molecule has 6 nitrogen and oxygen atoms in total. The van der Waals surface area contributed by atoms with Gasteiger partial charge >= 0.3 is 0 Å². The van der Waals surface area contributed by atoms with Gasteiger partial charge < -0.3 is 20.1 Å². The molecule has 0 aliphatic rings. The van der Waals surface area contributed by atoms with Gasteiger partial charge in [0.25, 0.3) is 11.8 Å². The Kier molecular flexibility index (Phi) is 8.34. The highest BCUT2D eigenvalue weighted by Crippen LogP contribution is 2.18. The number of rotatable bonds is 10. The van der Waals surface area contributed by atoms with E-state index in [2.05, 4.69) is 10.6 Å². The van der Waals surface area contributed by atoms with Gasteiger partial charge in [-0.05, 0) is 55.2 Å². The minimum atomic E-state index is -0.236. The number of nitrogens with one attached hydrogen (secondary N) is 2. The Morgan fingerprint density at radius 2 is 1.50 bits per heavy atom. The van der Waals surface area contributed by atoms with Crippen molar-refractivity contribution in [3.8, 4) is 11.5 Å². The van der Waals surface area contributed by atoms with Crippen molar-refractivity contribution < 1.29 is 19.1 Å². The normalized spacial score (nSPS) is 10.2. The number of para-hydroxylation sites is 1. The number of carbonyl (C=O) groups is 2. The number of hydrogen-bond acceptors (Lipinski definition) is 4. The van der Waals surface area contributed by atoms with E-state index in [1.165, 1.54) is 5.56 Å². The lowest BCUT2D eigenvalue weighted by Gasteiger charge is -2.11. The van der Waals surface area contributed by atoms with Crippen molar-refractivity contribution in [2.24, 2.45) is 0 Å². The first-order valence-corrected chi connectivity index (χ1v) is 9.43. The maximum Gasteiger partial charge on any atom is 0.258 e. The number of benzene rings is 2. The molecule has 28 heavy (non-hydrogen) atoms. The molecule has 0 saturated heterocycles. The zero-order chi connectivity index (χ0) is 20.4. The first-order chi connectivity index (χ1) is 13.5. The Morgan fingerprint density at radius 3 is 2.14 bits per heavy atom. The second-order valence-corrected chi connectivity index (χ2v) is 6.48. The second kappa shape index (κ2) is 11.0. The molecule has 0 fully saturated rings. The van der Waals surface area contributed by atoms with E-state index in [4.69, 9.17) is 9.47 Å². The molecule has 0 spiro atoms. The molecule has 2 amide bonds. The van der Waals surface area contributed by atoms with Crippen LogP contribution in [0.5, 0.6) is 11.5 Å². The van der Waals surface area contributed by atoms with Gasteiger partial charge in [-0.25, -0.2) is 0 Å². The molecule has 2 N–H and O–H groups in total. The summed E-state index contributed by atoms with van der Waals surface area (Å²) in [6.07, 6.45) is 0.841. The standard InChI is InChI=1S/C22H28N2O4/c1-4-18-7-5-6-8-20(18)28-15-22(26)24-12-11-23-21(25)14-27-19-10-9-16(2)17(3)13-19/h5-10,13H,4,11-12,14-15H2,1-3H3,(H,23,25)(H,24,26). The minimum Gasteiger partial charge on any atom is -0.484 e. The fraction of sp³-hybridized carbons (Fsp3) is 0.364. The summed E-state index contributed by atoms with van der Waals surface area (Å²) >= 11 is 0. The third-order valence-corrected chi connectivity index (χ3v) is 4.33. The third kappa shape index (κ3) is 6.95. The second-order valence-electron chi connectivity index (χ2n) is 6.48. The molecule has 0 aromatic heterocycles. The maximum atomic E-state index is 11.9. The Hall–Kier alpha value is -3.02. The van der Waals surface area contributed by atoms with Crippen LogP contribution in [0.25, 0.3) is 0 Å². The topological polar surface area (TPSA) is 76.7 Å². The predicted octanol–water partition coefficient (Wildman–Crippen LogP) is 2.56. The lowest BCUT2D eigenvalue weighted by Crippen LogP contribution is -2.38. The molecule has 0 aliphatic carbocycles. The molecule has 0 unspecified atom stereocenters. The summed E-state index contributed by atoms with van der Waals surface area (Å²) in [5.74, 6) is 0.917. The summed E-state index contributed by atoms with van der Waals surface area (Å²) in [6, 6.07) is 13.3. The van der Waals surface area contributed by atoms with Crippen LogP contribution in [0.1, 0.15) is 23.6 Å². The summed E-state index contributed by atoms with van der Waals surface area (Å²) in [7, 11) is 0. The van der Waals surface area contributed by atoms with Crippen LogP contribution in [0.2, 0.25) is 0 Å². The minimum absolute atomic E-state index is 0.0547. The number of amides is 2. The van der Waals surface area contributed by atoms with Crippen LogP contribution in [0, 0.1) is 13.8 Å². The third-order valence-electron chi connectivity index (χ3n) is 4.33. The average molecular weight is 384 g/mol. The van der Waals surface area contributed by atoms with Crippen LogP contribution in [0.3, 0.4) is 0 Å². The molecule has 0 bridgehead atoms. The van der Waals surface area contributed by atoms with Crippen LogP contribution < -0.4 is 20.1 Å². The van der Waals surface area contributed by atoms with Crippen molar-refractivity contribution in [3.63, 3.8) is 0 Å². The highest BCUT2D eigenvalue weighted by atomic mass is 16.5. The largest absolute Gasteiger partial charge is 0.484 e. The molecular formula is C22H28N2O4. The lowest BCUT2D eigenvalue weighted by atomic mass is 10.1. The smallest absolute Gasteiger partial charge is 0.258 e. The summed E-state index contributed by atoms with van der Waals surface area (Å²) in [6.45, 7) is 6.59. The van der Waals surface area contributed by atoms with Crippen molar-refractivity contribution >= 4 is 11.8 Å². The van der Waals surface area contributed by atoms with Crippen LogP contribution in [-0.4, -0.2) is 38.1 Å². The van der Waals surface area contributed by atoms with E-state index in [9.17, 15) is 9.59 Å². The first-order valence-electron chi connectivity index (χ1n) is 9.43. The Labute approximate surface area is 166 Å². The van der Waals surface area contributed by atoms with Crippen molar-refractivity contribution in [3.05, 3.63) is 59.2 Å². The van der Waals surface area contributed by atoms with Crippen molar-refractivity contribution in [1.29, 1.82) is 0 Å². The molecule has 0 saturated carbocycles. The number of ether oxygens (including phenoxy) is 2. The van der Waals surface area contributed by atoms with E-state index in [1.807, 2.05) is 63.2 Å². The van der Waals surface area contributed by atoms with Crippen molar-refractivity contribution in [2.75, 3.05) is 26.3 Å². The molecule has 6 heteroatoms. The zero-order valence-corrected chi connectivity index (χ0v) is 16.7. The average Bonchev–Trinajstić information content (AvgIpc) is 2.70. The Balaban J connectivity index is 1.60. The number of aryl methyl sites for hydroxylation is 3. The molecule has 0 aliphatic heterocycles. The van der Waals surface area contributed by atoms with Crippen LogP contribution >= 0.6 is 0 Å². The van der Waals surface area contributed by atoms with Gasteiger partial charge in [-0.2, -0.15) is 0 Å². The van der Waals surface area contributed by atoms with E-state index in [0.717, 1.165) is 23.3 Å². The van der Waals surface area contributed by atoms with Crippen molar-refractivity contribution in [1.82, 2.24) is 10.6 Å². The molecule has 2 aromatic carbocycles. The SMILES string of the molecule is CCc1ccccc1OCC(=O)NCCNC(=O)COc1ccc(C)c(C)c1. The van der Waals surface area contributed by atoms with Gasteiger partial charge in [0.05, 0.1) is 0 Å². The molecular weight excluding hydrogens is 356 g/mol. The van der Waals surface area contributed by atoms with E-state index >= 15 is 0 Å². The van der Waals surface area contributed by atoms with Gasteiger partial charge in [-0.3, -0.25) is 9.59 Å². The summed E-state index contributed by atoms with van der Waals surface area (Å²) in [4.78, 5) is 23.7. The summed E-state index contributed by atoms with van der Waals surface area (Å²) in [5.41, 5.74) is 3.35. The van der Waals surface area contributed by atoms with Gasteiger partial charge in [0.2, 0.25) is 0 Å². The molecule has 2 rings (SSSR count). The summed E-state index contributed by atoms with van der Waals surface area (Å²) < 4.78 is 11.0. The number of hydrogen-bond donors (Lipinski definition) is 2. The fourth-order valence-corrected chi connectivity index (χ4v) is 2.54. The van der Waals surface area contributed by atoms with Crippen molar-refractivity contribution in [2.45, 2.75) is 27.2 Å². The molecule has 0 radical (unpaired) electrons. The monoisotopic (exact) mass is 384 g/mol. The highest BCUT2D eigenvalue weighted by molar-refractivity contribution is 5.78. The fourth-order valence-electron chi connectivity index (χ4n) is 2.54. The van der Waals surface area contributed by atoms with E-state index in [0.29, 0.717) is 18.8 Å². The lowest BCUT2D eigenvalue weighted by molar-refractivity contribution is -0.124. The van der Waals surface area contributed by atoms with Crippen LogP contribution in [0.15, 0.2) is 42.5 Å². The van der Waals surface area contributed by atoms with Crippen LogP contribution in [0.4, 0.5) is 0 Å². The van der Waals surface area contributed by atoms with Gasteiger partial charge in [0.15, 0.2) is 13.2 Å². The molecule has 0 atom stereocenters. The number of carbonyl (C=O) groups excluding carboxylic acids is 2. The first kappa shape index (κ1) is 21.3. The Morgan fingerprint density at radius 1 is 0.857 bits per heavy atom. The van der Waals surface area contributed by atoms with Crippen LogP contribution in [-0.2, 0) is 16.0 Å². The van der Waals surface area contributed by atoms with Gasteiger partial charge in [0.1, 0.15) is 11.5 Å². The zero-order valence-electron chi connectivity index (χ0n) is 16.7. The molecule has 2 aromatic rings. The van der Waals surface area contributed by atoms with Gasteiger partial charge in [-0.1, -0.05) is 31.2 Å². The molecule has 0 heterocycles.